The van der Waals surface area contributed by atoms with E-state index in [4.69, 9.17) is 9.84 Å². The van der Waals surface area contributed by atoms with Gasteiger partial charge >= 0.3 is 11.9 Å². The topological polar surface area (TPSA) is 80.7 Å². The van der Waals surface area contributed by atoms with Gasteiger partial charge in [0.15, 0.2) is 0 Å². The Labute approximate surface area is 171 Å². The van der Waals surface area contributed by atoms with Crippen molar-refractivity contribution in [1.29, 1.82) is 0 Å². The average Bonchev–Trinajstić information content (AvgIpc) is 2.64. The molecule has 0 amide bonds. The zero-order valence-electron chi connectivity index (χ0n) is 18.2. The number of esters is 1. The Morgan fingerprint density at radius 2 is 1.11 bits per heavy atom. The summed E-state index contributed by atoms with van der Waals surface area (Å²) in [6.07, 6.45) is 17.4. The first-order valence-corrected chi connectivity index (χ1v) is 11.4. The standard InChI is InChI=1S/C23H42O5/c1-3-4-5-6-7-8-9-10-11-12-13-14-15-16-17-18-22(25)28-21(23(26)27)19-20(2)24/h21H,3-19H2,1-2H3,(H,26,27)/t21-/m0/s1. The summed E-state index contributed by atoms with van der Waals surface area (Å²) in [7, 11) is 0. The maximum Gasteiger partial charge on any atom is 0.345 e. The van der Waals surface area contributed by atoms with Crippen LogP contribution < -0.4 is 0 Å². The lowest BCUT2D eigenvalue weighted by Gasteiger charge is -2.12. The van der Waals surface area contributed by atoms with E-state index in [-0.39, 0.29) is 18.6 Å². The molecular weight excluding hydrogens is 356 g/mol. The van der Waals surface area contributed by atoms with E-state index >= 15 is 0 Å². The van der Waals surface area contributed by atoms with E-state index in [0.29, 0.717) is 6.42 Å². The van der Waals surface area contributed by atoms with Crippen LogP contribution in [0.2, 0.25) is 0 Å². The van der Waals surface area contributed by atoms with Crippen molar-refractivity contribution in [1.82, 2.24) is 0 Å². The largest absolute Gasteiger partial charge is 0.478 e. The molecule has 164 valence electrons. The van der Waals surface area contributed by atoms with Gasteiger partial charge < -0.3 is 9.84 Å². The molecule has 1 atom stereocenters. The Morgan fingerprint density at radius 1 is 0.714 bits per heavy atom. The van der Waals surface area contributed by atoms with Gasteiger partial charge in [-0.1, -0.05) is 96.8 Å². The molecule has 0 aliphatic rings. The molecule has 0 radical (unpaired) electrons. The zero-order valence-corrected chi connectivity index (χ0v) is 18.2. The Hall–Kier alpha value is -1.39. The fourth-order valence-electron chi connectivity index (χ4n) is 3.30. The van der Waals surface area contributed by atoms with Crippen molar-refractivity contribution < 1.29 is 24.2 Å². The van der Waals surface area contributed by atoms with Gasteiger partial charge in [0.25, 0.3) is 0 Å². The van der Waals surface area contributed by atoms with Crippen molar-refractivity contribution in [2.75, 3.05) is 0 Å². The van der Waals surface area contributed by atoms with Gasteiger partial charge in [-0.15, -0.1) is 0 Å². The number of rotatable bonds is 20. The molecule has 0 bridgehead atoms. The predicted octanol–water partition coefficient (Wildman–Crippen LogP) is 6.22. The van der Waals surface area contributed by atoms with E-state index in [0.717, 1.165) is 12.8 Å². The van der Waals surface area contributed by atoms with E-state index in [9.17, 15) is 14.4 Å². The molecule has 0 aliphatic heterocycles. The molecule has 0 aromatic carbocycles. The third kappa shape index (κ3) is 18.0. The van der Waals surface area contributed by atoms with Crippen molar-refractivity contribution in [2.45, 2.75) is 129 Å². The maximum atomic E-state index is 11.7. The maximum absolute atomic E-state index is 11.7. The van der Waals surface area contributed by atoms with Crippen LogP contribution in [0.5, 0.6) is 0 Å². The monoisotopic (exact) mass is 398 g/mol. The first-order valence-electron chi connectivity index (χ1n) is 11.4. The Bertz CT molecular complexity index is 419. The summed E-state index contributed by atoms with van der Waals surface area (Å²) in [4.78, 5) is 33.6. The van der Waals surface area contributed by atoms with Gasteiger partial charge in [-0.05, 0) is 13.3 Å². The summed E-state index contributed by atoms with van der Waals surface area (Å²) in [5.41, 5.74) is 0. The van der Waals surface area contributed by atoms with Gasteiger partial charge in [0, 0.05) is 6.42 Å². The van der Waals surface area contributed by atoms with Crippen molar-refractivity contribution in [3.8, 4) is 0 Å². The third-order valence-electron chi connectivity index (χ3n) is 5.01. The summed E-state index contributed by atoms with van der Waals surface area (Å²) >= 11 is 0. The van der Waals surface area contributed by atoms with Crippen LogP contribution in [-0.2, 0) is 19.1 Å². The molecule has 28 heavy (non-hydrogen) atoms. The van der Waals surface area contributed by atoms with Crippen LogP contribution in [0.4, 0.5) is 0 Å². The zero-order chi connectivity index (χ0) is 21.0. The number of aliphatic carboxylic acids is 1. The normalized spacial score (nSPS) is 11.9. The highest BCUT2D eigenvalue weighted by Gasteiger charge is 2.23. The quantitative estimate of drug-likeness (QED) is 0.194. The highest BCUT2D eigenvalue weighted by Crippen LogP contribution is 2.14. The summed E-state index contributed by atoms with van der Waals surface area (Å²) in [6.45, 7) is 3.54. The molecule has 5 heteroatoms. The highest BCUT2D eigenvalue weighted by molar-refractivity contribution is 5.85. The SMILES string of the molecule is CCCCCCCCCCCCCCCCCC(=O)O[C@@H](CC(C)=O)C(=O)O. The van der Waals surface area contributed by atoms with Crippen molar-refractivity contribution in [3.05, 3.63) is 0 Å². The molecule has 0 rings (SSSR count). The molecule has 0 heterocycles. The fraction of sp³-hybridized carbons (Fsp3) is 0.870. The van der Waals surface area contributed by atoms with E-state index in [1.807, 2.05) is 0 Å². The molecule has 0 aliphatic carbocycles. The second kappa shape index (κ2) is 18.9. The Morgan fingerprint density at radius 3 is 1.46 bits per heavy atom. The minimum absolute atomic E-state index is 0.222. The number of unbranched alkanes of at least 4 members (excludes halogenated alkanes) is 14. The minimum atomic E-state index is -1.35. The smallest absolute Gasteiger partial charge is 0.345 e. The van der Waals surface area contributed by atoms with Crippen molar-refractivity contribution >= 4 is 17.7 Å². The molecule has 0 spiro atoms. The van der Waals surface area contributed by atoms with Crippen LogP contribution in [0.25, 0.3) is 0 Å². The molecule has 5 nitrogen and oxygen atoms in total. The molecule has 0 aromatic heterocycles. The lowest BCUT2D eigenvalue weighted by atomic mass is 10.0. The second-order valence-corrected chi connectivity index (χ2v) is 7.92. The number of ketones is 1. The van der Waals surface area contributed by atoms with E-state index in [1.54, 1.807) is 0 Å². The average molecular weight is 399 g/mol. The lowest BCUT2D eigenvalue weighted by molar-refractivity contribution is -0.165. The second-order valence-electron chi connectivity index (χ2n) is 7.92. The molecule has 0 unspecified atom stereocenters. The summed E-state index contributed by atoms with van der Waals surface area (Å²) < 4.78 is 4.88. The number of ether oxygens (including phenoxy) is 1. The Balaban J connectivity index is 3.41. The van der Waals surface area contributed by atoms with E-state index < -0.39 is 18.0 Å². The van der Waals surface area contributed by atoms with Crippen molar-refractivity contribution in [2.24, 2.45) is 0 Å². The van der Waals surface area contributed by atoms with Gasteiger partial charge in [-0.2, -0.15) is 0 Å². The van der Waals surface area contributed by atoms with Gasteiger partial charge in [-0.3, -0.25) is 9.59 Å². The number of carboxylic acids is 1. The third-order valence-corrected chi connectivity index (χ3v) is 5.01. The molecule has 0 saturated carbocycles. The number of carbonyl (C=O) groups excluding carboxylic acids is 2. The summed E-state index contributed by atoms with van der Waals surface area (Å²) in [5, 5.41) is 8.95. The fourth-order valence-corrected chi connectivity index (χ4v) is 3.30. The van der Waals surface area contributed by atoms with Crippen LogP contribution >= 0.6 is 0 Å². The molecular formula is C23H42O5. The number of carboxylic acid groups (broad SMARTS) is 1. The predicted molar refractivity (Wildman–Crippen MR) is 112 cm³/mol. The van der Waals surface area contributed by atoms with E-state index in [1.165, 1.54) is 84.0 Å². The lowest BCUT2D eigenvalue weighted by Crippen LogP contribution is -2.28. The first kappa shape index (κ1) is 26.6. The first-order chi connectivity index (χ1) is 13.5. The van der Waals surface area contributed by atoms with Crippen LogP contribution in [0.3, 0.4) is 0 Å². The van der Waals surface area contributed by atoms with E-state index in [2.05, 4.69) is 6.92 Å². The number of hydrogen-bond acceptors (Lipinski definition) is 4. The van der Waals surface area contributed by atoms with Crippen LogP contribution in [0, 0.1) is 0 Å². The summed E-state index contributed by atoms with van der Waals surface area (Å²) in [6, 6.07) is 0. The summed E-state index contributed by atoms with van der Waals surface area (Å²) in [5.74, 6) is -2.09. The number of Topliss-reactive ketones (excluding diaryl/α,β-unsaturated/α-hetero) is 1. The van der Waals surface area contributed by atoms with Crippen LogP contribution in [0.15, 0.2) is 0 Å². The van der Waals surface area contributed by atoms with Crippen molar-refractivity contribution in [3.63, 3.8) is 0 Å². The van der Waals surface area contributed by atoms with Gasteiger partial charge in [0.2, 0.25) is 6.10 Å². The highest BCUT2D eigenvalue weighted by atomic mass is 16.6. The Kier molecular flexibility index (Phi) is 18.0. The van der Waals surface area contributed by atoms with Gasteiger partial charge in [0.1, 0.15) is 5.78 Å². The van der Waals surface area contributed by atoms with Crippen LogP contribution in [0.1, 0.15) is 123 Å². The minimum Gasteiger partial charge on any atom is -0.478 e. The number of carbonyl (C=O) groups is 3. The molecule has 1 N–H and O–H groups in total. The number of hydrogen-bond donors (Lipinski definition) is 1. The van der Waals surface area contributed by atoms with Gasteiger partial charge in [0.05, 0.1) is 6.42 Å². The van der Waals surface area contributed by atoms with Crippen LogP contribution in [-0.4, -0.2) is 28.9 Å². The molecule has 0 saturated heterocycles. The molecule has 0 aromatic rings. The van der Waals surface area contributed by atoms with Gasteiger partial charge in [-0.25, -0.2) is 4.79 Å². The molecule has 0 fully saturated rings.